The monoisotopic (exact) mass is 604 g/mol. The standard InChI is InChI=1S/C46H28O/c1-3-16-31-29(13-1)15-11-24-34(31)43-37-20-7-9-22-39(37)44(40-23-10-8-21-38(40)43)35-19-6-5-18-33(35)36-25-12-26-41-46(36)45-32-17-4-2-14-30(32)27-28-42(45)47-41/h1-28H/i7D,8D,9D,10D,20D,21D,22D,23D. The molecule has 1 heterocycles. The fraction of sp³-hybridized carbons (Fsp3) is 0. The van der Waals surface area contributed by atoms with E-state index < -0.39 is 24.2 Å². The van der Waals surface area contributed by atoms with Gasteiger partial charge in [-0.25, -0.2) is 0 Å². The van der Waals surface area contributed by atoms with Crippen LogP contribution in [0.3, 0.4) is 0 Å². The second kappa shape index (κ2) is 10.2. The van der Waals surface area contributed by atoms with Crippen LogP contribution >= 0.6 is 0 Å². The van der Waals surface area contributed by atoms with Gasteiger partial charge in [0.25, 0.3) is 0 Å². The van der Waals surface area contributed by atoms with Crippen LogP contribution in [-0.2, 0) is 0 Å². The first-order valence-electron chi connectivity index (χ1n) is 19.5. The molecule has 0 unspecified atom stereocenters. The molecule has 1 nitrogen and oxygen atoms in total. The Hall–Kier alpha value is -6.18. The van der Waals surface area contributed by atoms with Crippen LogP contribution in [0.4, 0.5) is 0 Å². The van der Waals surface area contributed by atoms with Crippen LogP contribution in [-0.4, -0.2) is 0 Å². The normalized spacial score (nSPS) is 14.2. The highest BCUT2D eigenvalue weighted by Crippen LogP contribution is 2.49. The largest absolute Gasteiger partial charge is 0.456 e. The predicted molar refractivity (Wildman–Crippen MR) is 200 cm³/mol. The third-order valence-electron chi connectivity index (χ3n) is 9.31. The summed E-state index contributed by atoms with van der Waals surface area (Å²) in [4.78, 5) is 0. The molecule has 47 heavy (non-hydrogen) atoms. The van der Waals surface area contributed by atoms with Gasteiger partial charge in [-0.05, 0) is 88.6 Å². The maximum atomic E-state index is 9.52. The Kier molecular flexibility index (Phi) is 4.19. The number of fused-ring (bicyclic) bond motifs is 8. The van der Waals surface area contributed by atoms with Crippen molar-refractivity contribution in [2.45, 2.75) is 0 Å². The highest BCUT2D eigenvalue weighted by molar-refractivity contribution is 6.26. The van der Waals surface area contributed by atoms with E-state index in [-0.39, 0.29) is 45.7 Å². The topological polar surface area (TPSA) is 13.1 Å². The zero-order chi connectivity index (χ0) is 37.9. The molecule has 0 aliphatic rings. The lowest BCUT2D eigenvalue weighted by Crippen LogP contribution is -1.93. The molecule has 10 rings (SSSR count). The van der Waals surface area contributed by atoms with Gasteiger partial charge in [0, 0.05) is 10.8 Å². The first kappa shape index (κ1) is 19.4. The Labute approximate surface area is 283 Å². The van der Waals surface area contributed by atoms with Crippen molar-refractivity contribution < 1.29 is 15.4 Å². The summed E-state index contributed by atoms with van der Waals surface area (Å²) in [6.07, 6.45) is 0. The van der Waals surface area contributed by atoms with Gasteiger partial charge in [-0.1, -0.05) is 158 Å². The van der Waals surface area contributed by atoms with Gasteiger partial charge in [0.15, 0.2) is 0 Å². The van der Waals surface area contributed by atoms with E-state index in [2.05, 4.69) is 12.1 Å². The fourth-order valence-electron chi connectivity index (χ4n) is 7.35. The molecule has 218 valence electrons. The minimum absolute atomic E-state index is 0.175. The summed E-state index contributed by atoms with van der Waals surface area (Å²) in [6, 6.07) is 35.9. The maximum absolute atomic E-state index is 9.52. The van der Waals surface area contributed by atoms with E-state index in [1.807, 2.05) is 109 Å². The number of hydrogen-bond acceptors (Lipinski definition) is 1. The van der Waals surface area contributed by atoms with Crippen molar-refractivity contribution in [2.24, 2.45) is 0 Å². The van der Waals surface area contributed by atoms with E-state index in [0.29, 0.717) is 33.4 Å². The van der Waals surface area contributed by atoms with Crippen molar-refractivity contribution in [3.8, 4) is 33.4 Å². The molecule has 0 atom stereocenters. The maximum Gasteiger partial charge on any atom is 0.136 e. The molecule has 1 heteroatoms. The number of furan rings is 1. The van der Waals surface area contributed by atoms with Gasteiger partial charge < -0.3 is 4.42 Å². The number of hydrogen-bond donors (Lipinski definition) is 0. The molecule has 0 saturated heterocycles. The summed E-state index contributed by atoms with van der Waals surface area (Å²) in [5.74, 6) is 0. The molecule has 0 spiro atoms. The van der Waals surface area contributed by atoms with Crippen LogP contribution in [0, 0.1) is 0 Å². The van der Waals surface area contributed by atoms with E-state index in [4.69, 9.17) is 9.90 Å². The molecule has 0 amide bonds. The molecule has 0 aliphatic heterocycles. The van der Waals surface area contributed by atoms with E-state index >= 15 is 0 Å². The average molecular weight is 605 g/mol. The van der Waals surface area contributed by atoms with Crippen molar-refractivity contribution in [3.05, 3.63) is 170 Å². The van der Waals surface area contributed by atoms with Gasteiger partial charge in [-0.15, -0.1) is 0 Å². The molecule has 0 radical (unpaired) electrons. The fourth-order valence-corrected chi connectivity index (χ4v) is 7.35. The van der Waals surface area contributed by atoms with Gasteiger partial charge in [0.2, 0.25) is 0 Å². The van der Waals surface area contributed by atoms with Gasteiger partial charge >= 0.3 is 0 Å². The third kappa shape index (κ3) is 3.84. The molecule has 0 N–H and O–H groups in total. The first-order chi connectivity index (χ1) is 26.7. The summed E-state index contributed by atoms with van der Waals surface area (Å²) in [7, 11) is 0. The Morgan fingerprint density at radius 1 is 0.340 bits per heavy atom. The molecule has 0 fully saturated rings. The van der Waals surface area contributed by atoms with Crippen LogP contribution in [0.2, 0.25) is 0 Å². The van der Waals surface area contributed by atoms with Crippen molar-refractivity contribution in [2.75, 3.05) is 0 Å². The Morgan fingerprint density at radius 2 is 0.830 bits per heavy atom. The smallest absolute Gasteiger partial charge is 0.136 e. The van der Waals surface area contributed by atoms with Gasteiger partial charge in [0.05, 0.1) is 11.0 Å². The van der Waals surface area contributed by atoms with Crippen molar-refractivity contribution >= 4 is 65.0 Å². The number of rotatable bonds is 3. The summed E-state index contributed by atoms with van der Waals surface area (Å²) in [6.45, 7) is 0. The zero-order valence-corrected chi connectivity index (χ0v) is 25.0. The van der Waals surface area contributed by atoms with Gasteiger partial charge in [-0.2, -0.15) is 0 Å². The second-order valence-corrected chi connectivity index (χ2v) is 11.8. The van der Waals surface area contributed by atoms with Crippen molar-refractivity contribution in [3.63, 3.8) is 0 Å². The van der Waals surface area contributed by atoms with Crippen LogP contribution in [0.5, 0.6) is 0 Å². The lowest BCUT2D eigenvalue weighted by Gasteiger charge is -2.20. The summed E-state index contributed by atoms with van der Waals surface area (Å²) in [5, 5.41) is 6.25. The zero-order valence-electron chi connectivity index (χ0n) is 33.0. The van der Waals surface area contributed by atoms with Crippen molar-refractivity contribution in [1.82, 2.24) is 0 Å². The SMILES string of the molecule is [2H]c1c([2H])c([2H])c2c(-c3cccc4ccccc34)c3c([2H])c([2H])c([2H])c([2H])c3c(-c3ccccc3-c3cccc4oc5ccc6ccccc6c5c34)c2c1[2H]. The van der Waals surface area contributed by atoms with E-state index in [1.54, 1.807) is 0 Å². The first-order valence-corrected chi connectivity index (χ1v) is 15.5. The third-order valence-corrected chi connectivity index (χ3v) is 9.31. The minimum atomic E-state index is -0.435. The molecule has 0 bridgehead atoms. The molecule has 1 aromatic heterocycles. The minimum Gasteiger partial charge on any atom is -0.456 e. The summed E-state index contributed by atoms with van der Waals surface area (Å²) < 4.78 is 80.0. The van der Waals surface area contributed by atoms with Crippen LogP contribution < -0.4 is 0 Å². The molecular weight excluding hydrogens is 569 g/mol. The second-order valence-electron chi connectivity index (χ2n) is 11.8. The Bertz CT molecular complexity index is 3220. The van der Waals surface area contributed by atoms with Crippen LogP contribution in [0.1, 0.15) is 11.0 Å². The van der Waals surface area contributed by atoms with E-state index in [1.165, 1.54) is 0 Å². The molecule has 9 aromatic carbocycles. The predicted octanol–water partition coefficient (Wildman–Crippen LogP) is 13.2. The van der Waals surface area contributed by atoms with Gasteiger partial charge in [0.1, 0.15) is 11.2 Å². The van der Waals surface area contributed by atoms with E-state index in [0.717, 1.165) is 43.5 Å². The lowest BCUT2D eigenvalue weighted by atomic mass is 9.82. The summed E-state index contributed by atoms with van der Waals surface area (Å²) >= 11 is 0. The highest BCUT2D eigenvalue weighted by atomic mass is 16.3. The van der Waals surface area contributed by atoms with E-state index in [9.17, 15) is 5.48 Å². The van der Waals surface area contributed by atoms with Gasteiger partial charge in [-0.3, -0.25) is 0 Å². The average Bonchev–Trinajstić information content (AvgIpc) is 3.62. The number of benzene rings is 9. The van der Waals surface area contributed by atoms with Crippen LogP contribution in [0.15, 0.2) is 174 Å². The molecule has 0 saturated carbocycles. The molecule has 10 aromatic rings. The summed E-state index contributed by atoms with van der Waals surface area (Å²) in [5.41, 5.74) is 4.70. The quantitative estimate of drug-likeness (QED) is 0.183. The Morgan fingerprint density at radius 3 is 1.55 bits per heavy atom. The Balaban J connectivity index is 1.46. The van der Waals surface area contributed by atoms with Crippen molar-refractivity contribution in [1.29, 1.82) is 0 Å². The highest BCUT2D eigenvalue weighted by Gasteiger charge is 2.22. The van der Waals surface area contributed by atoms with Crippen LogP contribution in [0.25, 0.3) is 98.4 Å². The molecule has 0 aliphatic carbocycles. The lowest BCUT2D eigenvalue weighted by molar-refractivity contribution is 0.669. The molecular formula is C46H28O.